The van der Waals surface area contributed by atoms with Crippen LogP contribution in [0.1, 0.15) is 17.5 Å². The van der Waals surface area contributed by atoms with Crippen molar-refractivity contribution in [3.63, 3.8) is 0 Å². The van der Waals surface area contributed by atoms with Crippen LogP contribution in [0, 0.1) is 5.82 Å². The number of benzene rings is 1. The molecule has 0 N–H and O–H groups in total. The Hall–Kier alpha value is -1.24. The molecule has 0 aliphatic carbocycles. The summed E-state index contributed by atoms with van der Waals surface area (Å²) < 4.78 is 60.6. The summed E-state index contributed by atoms with van der Waals surface area (Å²) in [6.07, 6.45) is -6.65. The van der Waals surface area contributed by atoms with Crippen LogP contribution in [0.4, 0.5) is 17.6 Å². The van der Waals surface area contributed by atoms with Crippen molar-refractivity contribution in [1.82, 2.24) is 0 Å². The molecule has 0 aromatic heterocycles. The summed E-state index contributed by atoms with van der Waals surface area (Å²) in [5.74, 6) is -2.03. The molecule has 20 heavy (non-hydrogen) atoms. The Balaban J connectivity index is 2.77. The van der Waals surface area contributed by atoms with Crippen LogP contribution in [0.3, 0.4) is 0 Å². The van der Waals surface area contributed by atoms with Gasteiger partial charge in [0.05, 0.1) is 5.56 Å². The quantitative estimate of drug-likeness (QED) is 0.605. The van der Waals surface area contributed by atoms with Gasteiger partial charge in [0, 0.05) is 12.6 Å². The molecule has 112 valence electrons. The van der Waals surface area contributed by atoms with E-state index in [1.54, 1.807) is 0 Å². The fraction of sp³-hybridized carbons (Fsp3) is 0.364. The maximum atomic E-state index is 13.0. The first-order valence-corrected chi connectivity index (χ1v) is 7.09. The number of aryl methyl sites for hydroxylation is 1. The van der Waals surface area contributed by atoms with Gasteiger partial charge in [-0.1, -0.05) is 7.60 Å². The summed E-state index contributed by atoms with van der Waals surface area (Å²) in [6.45, 7) is 0. The van der Waals surface area contributed by atoms with E-state index in [4.69, 9.17) is 0 Å². The number of carbonyl (C=O) groups is 1. The lowest BCUT2D eigenvalue weighted by Crippen LogP contribution is -2.22. The molecule has 0 radical (unpaired) electrons. The van der Waals surface area contributed by atoms with E-state index in [2.05, 4.69) is 0 Å². The molecule has 0 bridgehead atoms. The molecule has 0 fully saturated rings. The van der Waals surface area contributed by atoms with Crippen molar-refractivity contribution in [2.45, 2.75) is 19.0 Å². The van der Waals surface area contributed by atoms with Crippen LogP contribution < -0.4 is 9.79 Å². The summed E-state index contributed by atoms with van der Waals surface area (Å²) in [5.41, 5.74) is -1.30. The molecule has 1 rings (SSSR count). The van der Waals surface area contributed by atoms with Gasteiger partial charge in [0.2, 0.25) is 0 Å². The topological polar surface area (TPSA) is 80.3 Å². The second kappa shape index (κ2) is 6.03. The van der Waals surface area contributed by atoms with Crippen LogP contribution in [0.15, 0.2) is 18.2 Å². The number of hydrogen-bond acceptors (Lipinski definition) is 4. The van der Waals surface area contributed by atoms with Gasteiger partial charge < -0.3 is 14.4 Å². The average molecular weight is 312 g/mol. The molecule has 0 spiro atoms. The fourth-order valence-electron chi connectivity index (χ4n) is 1.54. The van der Waals surface area contributed by atoms with Gasteiger partial charge in [0.15, 0.2) is 0 Å². The number of halogens is 4. The second-order valence-electron chi connectivity index (χ2n) is 4.15. The van der Waals surface area contributed by atoms with Gasteiger partial charge >= 0.3 is 6.18 Å². The molecule has 0 atom stereocenters. The number of ketones is 1. The van der Waals surface area contributed by atoms with Crippen LogP contribution in [-0.4, -0.2) is 11.9 Å². The van der Waals surface area contributed by atoms with E-state index in [-0.39, 0.29) is 12.0 Å². The summed E-state index contributed by atoms with van der Waals surface area (Å²) in [7, 11) is -4.99. The van der Waals surface area contributed by atoms with E-state index >= 15 is 0 Å². The Morgan fingerprint density at radius 1 is 1.20 bits per heavy atom. The Morgan fingerprint density at radius 3 is 2.30 bits per heavy atom. The number of hydrogen-bond donors (Lipinski definition) is 0. The molecule has 4 nitrogen and oxygen atoms in total. The number of Topliss-reactive ketones (excluding diaryl/α,β-unsaturated/α-hetero) is 1. The molecule has 0 aliphatic rings. The summed E-state index contributed by atoms with van der Waals surface area (Å²) >= 11 is 0. The van der Waals surface area contributed by atoms with Crippen molar-refractivity contribution in [3.05, 3.63) is 35.1 Å². The molecule has 0 heterocycles. The van der Waals surface area contributed by atoms with Gasteiger partial charge in [0.25, 0.3) is 0 Å². The van der Waals surface area contributed by atoms with Gasteiger partial charge in [-0.2, -0.15) is 13.2 Å². The summed E-state index contributed by atoms with van der Waals surface area (Å²) in [6, 6.07) is 1.80. The van der Waals surface area contributed by atoms with Crippen molar-refractivity contribution in [2.75, 3.05) is 6.16 Å². The zero-order valence-corrected chi connectivity index (χ0v) is 10.8. The van der Waals surface area contributed by atoms with E-state index in [0.29, 0.717) is 12.1 Å². The second-order valence-corrected chi connectivity index (χ2v) is 5.69. The minimum atomic E-state index is -4.99. The predicted octanol–water partition coefficient (Wildman–Crippen LogP) is 1.26. The van der Waals surface area contributed by atoms with Crippen LogP contribution in [0.2, 0.25) is 0 Å². The van der Waals surface area contributed by atoms with Crippen molar-refractivity contribution in [1.29, 1.82) is 0 Å². The minimum Gasteiger partial charge on any atom is -0.810 e. The summed E-state index contributed by atoms with van der Waals surface area (Å²) in [5, 5.41) is 0. The number of rotatable bonds is 5. The highest BCUT2D eigenvalue weighted by Crippen LogP contribution is 2.31. The number of alkyl halides is 3. The van der Waals surface area contributed by atoms with Crippen molar-refractivity contribution >= 4 is 13.4 Å². The Labute approximate surface area is 111 Å². The first kappa shape index (κ1) is 16.8. The Kier molecular flexibility index (Phi) is 5.07. The summed E-state index contributed by atoms with van der Waals surface area (Å²) in [4.78, 5) is 31.8. The van der Waals surface area contributed by atoms with Gasteiger partial charge in [-0.15, -0.1) is 0 Å². The van der Waals surface area contributed by atoms with Crippen LogP contribution in [0.5, 0.6) is 0 Å². The normalized spacial score (nSPS) is 12.5. The van der Waals surface area contributed by atoms with Gasteiger partial charge in [-0.25, -0.2) is 4.39 Å². The largest absolute Gasteiger partial charge is 0.810 e. The highest BCUT2D eigenvalue weighted by Gasteiger charge is 2.31. The van der Waals surface area contributed by atoms with E-state index < -0.39 is 43.5 Å². The zero-order chi connectivity index (χ0) is 15.6. The fourth-order valence-corrected chi connectivity index (χ4v) is 2.13. The lowest BCUT2D eigenvalue weighted by molar-refractivity contribution is -0.312. The lowest BCUT2D eigenvalue weighted by Gasteiger charge is -2.28. The maximum Gasteiger partial charge on any atom is 0.416 e. The minimum absolute atomic E-state index is 0.0997. The van der Waals surface area contributed by atoms with Gasteiger partial charge in [-0.05, 0) is 30.2 Å². The third-order valence-corrected chi connectivity index (χ3v) is 3.09. The first-order chi connectivity index (χ1) is 8.97. The smallest absolute Gasteiger partial charge is 0.416 e. The Bertz CT molecular complexity index is 550. The van der Waals surface area contributed by atoms with Gasteiger partial charge in [0.1, 0.15) is 11.6 Å². The van der Waals surface area contributed by atoms with E-state index in [9.17, 15) is 36.7 Å². The molecule has 0 saturated carbocycles. The molecule has 0 amide bonds. The highest BCUT2D eigenvalue weighted by atomic mass is 31.2. The van der Waals surface area contributed by atoms with Crippen LogP contribution in [0.25, 0.3) is 0 Å². The van der Waals surface area contributed by atoms with Gasteiger partial charge in [-0.3, -0.25) is 4.79 Å². The number of carbonyl (C=O) groups excluding carboxylic acids is 1. The van der Waals surface area contributed by atoms with E-state index in [0.717, 1.165) is 6.07 Å². The maximum absolute atomic E-state index is 13.0. The average Bonchev–Trinajstić information content (AvgIpc) is 2.22. The molecule has 1 aromatic carbocycles. The molecular formula is C11H9F4O4P-2. The standard InChI is InChI=1S/C11H11F4O4P/c12-9-4-7(3-8(5-9)11(13,14)15)1-2-10(16)6-20(17,18)19/h3-5H,1-2,6H2,(H2,17,18,19)/p-2. The predicted molar refractivity (Wildman–Crippen MR) is 57.2 cm³/mol. The van der Waals surface area contributed by atoms with Crippen LogP contribution >= 0.6 is 7.60 Å². The van der Waals surface area contributed by atoms with Crippen molar-refractivity contribution in [3.8, 4) is 0 Å². The molecule has 0 aliphatic heterocycles. The van der Waals surface area contributed by atoms with E-state index in [1.165, 1.54) is 0 Å². The van der Waals surface area contributed by atoms with Crippen molar-refractivity contribution in [2.24, 2.45) is 0 Å². The molecule has 0 saturated heterocycles. The zero-order valence-electron chi connectivity index (χ0n) is 9.95. The molecule has 9 heteroatoms. The first-order valence-electron chi connectivity index (χ1n) is 5.37. The Morgan fingerprint density at radius 2 is 1.80 bits per heavy atom. The van der Waals surface area contributed by atoms with Crippen molar-refractivity contribution < 1.29 is 36.7 Å². The third-order valence-electron chi connectivity index (χ3n) is 2.35. The third kappa shape index (κ3) is 5.81. The molecule has 1 aromatic rings. The SMILES string of the molecule is O=C(CCc1cc(F)cc(C(F)(F)F)c1)CP(=O)([O-])[O-]. The van der Waals surface area contributed by atoms with E-state index in [1.807, 2.05) is 0 Å². The lowest BCUT2D eigenvalue weighted by atomic mass is 10.0. The van der Waals surface area contributed by atoms with Crippen LogP contribution in [-0.2, 0) is 22.0 Å². The molecular weight excluding hydrogens is 303 g/mol. The highest BCUT2D eigenvalue weighted by molar-refractivity contribution is 7.49. The molecule has 0 unspecified atom stereocenters. The monoisotopic (exact) mass is 312 g/mol.